The van der Waals surface area contributed by atoms with Crippen LogP contribution in [0.4, 0.5) is 32.5 Å². The van der Waals surface area contributed by atoms with Gasteiger partial charge in [0.05, 0.1) is 35.3 Å². The minimum atomic E-state index is -0.862. The van der Waals surface area contributed by atoms with Crippen molar-refractivity contribution >= 4 is 62.9 Å². The maximum atomic E-state index is 15.6. The van der Waals surface area contributed by atoms with Gasteiger partial charge in [-0.2, -0.15) is 0 Å². The van der Waals surface area contributed by atoms with E-state index in [0.29, 0.717) is 71.4 Å². The molecule has 0 saturated carbocycles. The Morgan fingerprint density at radius 3 is 2.56 bits per heavy atom. The van der Waals surface area contributed by atoms with Crippen molar-refractivity contribution in [2.24, 2.45) is 0 Å². The molecule has 4 aromatic rings. The molecule has 3 aromatic heterocycles. The molecule has 250 valence electrons. The highest BCUT2D eigenvalue weighted by atomic mass is 35.5. The summed E-state index contributed by atoms with van der Waals surface area (Å²) in [7, 11) is 1.40. The molecule has 12 nitrogen and oxygen atoms in total. The number of methoxy groups -OCH3 is 1. The number of aromatic nitrogens is 3. The van der Waals surface area contributed by atoms with Gasteiger partial charge in [-0.15, -0.1) is 0 Å². The third kappa shape index (κ3) is 6.77. The lowest BCUT2D eigenvalue weighted by molar-refractivity contribution is -0.126. The Morgan fingerprint density at radius 1 is 1.15 bits per heavy atom. The number of ether oxygens (including phenoxy) is 1. The van der Waals surface area contributed by atoms with E-state index < -0.39 is 11.4 Å². The molecule has 0 bridgehead atoms. The van der Waals surface area contributed by atoms with Crippen molar-refractivity contribution in [3.05, 3.63) is 76.7 Å². The quantitative estimate of drug-likeness (QED) is 0.203. The molecule has 0 unspecified atom stereocenters. The molecule has 2 aliphatic heterocycles. The van der Waals surface area contributed by atoms with Crippen molar-refractivity contribution in [1.82, 2.24) is 19.9 Å². The van der Waals surface area contributed by atoms with Crippen molar-refractivity contribution in [2.75, 3.05) is 66.8 Å². The molecule has 2 saturated heterocycles. The topological polar surface area (TPSA) is 136 Å². The van der Waals surface area contributed by atoms with Crippen LogP contribution in [-0.4, -0.2) is 88.8 Å². The number of piperazine rings is 1. The molecule has 3 N–H and O–H groups in total. The van der Waals surface area contributed by atoms with Crippen LogP contribution in [-0.2, 0) is 4.79 Å². The van der Waals surface area contributed by atoms with Crippen LogP contribution in [0.25, 0.3) is 11.3 Å². The van der Waals surface area contributed by atoms with Crippen molar-refractivity contribution in [1.29, 1.82) is 0 Å². The van der Waals surface area contributed by atoms with Gasteiger partial charge in [0.15, 0.2) is 28.3 Å². The Labute approximate surface area is 285 Å². The van der Waals surface area contributed by atoms with Crippen molar-refractivity contribution in [3.8, 4) is 17.0 Å². The van der Waals surface area contributed by atoms with Gasteiger partial charge < -0.3 is 35.2 Å². The van der Waals surface area contributed by atoms with E-state index >= 15 is 4.39 Å². The first-order valence-corrected chi connectivity index (χ1v) is 16.3. The largest absolute Gasteiger partial charge is 0.493 e. The molecule has 0 spiro atoms. The van der Waals surface area contributed by atoms with Gasteiger partial charge in [-0.25, -0.2) is 19.3 Å². The Morgan fingerprint density at radius 2 is 1.90 bits per heavy atom. The third-order valence-corrected chi connectivity index (χ3v) is 9.39. The first kappa shape index (κ1) is 33.1. The van der Waals surface area contributed by atoms with E-state index in [1.54, 1.807) is 30.2 Å². The minimum absolute atomic E-state index is 0.0241. The van der Waals surface area contributed by atoms with Gasteiger partial charge in [-0.1, -0.05) is 41.6 Å². The number of β-amino-alcohol motifs (C(OH)–C–C–N with tert-alkyl or cyclic N) is 1. The standard InChI is InChI=1S/C33H34ClFN8O4S/c1-5-26(44)41-9-11-42(12-10-41)30-23(43-17-33(3,46)18-43)13-20(15-36-30)28-22(35)14-24(47-4)29(38-28)40-32-37-16-25(48-32)31(45)39-27-19(2)7-6-8-21(27)34/h5-8,13-16,46H,1,9-12,17-18H2,2-4H3,(H,39,45)(H,37,38,40). The number of aryl methyl sites for hydroxylation is 1. The average molecular weight is 693 g/mol. The zero-order valence-electron chi connectivity index (χ0n) is 26.6. The fourth-order valence-electron chi connectivity index (χ4n) is 5.69. The van der Waals surface area contributed by atoms with Gasteiger partial charge in [-0.3, -0.25) is 9.59 Å². The van der Waals surface area contributed by atoms with Crippen molar-refractivity contribution in [2.45, 2.75) is 19.4 Å². The van der Waals surface area contributed by atoms with Crippen LogP contribution in [0, 0.1) is 12.7 Å². The Kier molecular flexibility index (Phi) is 9.23. The molecule has 15 heteroatoms. The summed E-state index contributed by atoms with van der Waals surface area (Å²) in [4.78, 5) is 44.8. The van der Waals surface area contributed by atoms with Crippen LogP contribution in [0.2, 0.25) is 5.02 Å². The normalized spacial score (nSPS) is 15.5. The SMILES string of the molecule is C=CC(=O)N1CCN(c2ncc(-c3nc(Nc4ncc(C(=O)Nc5c(C)cccc5Cl)s4)c(OC)cc3F)cc2N2CC(C)(O)C2)CC1. The number of hydrogen-bond acceptors (Lipinski definition) is 11. The number of carbonyl (C=O) groups is 2. The molecule has 6 rings (SSSR count). The zero-order chi connectivity index (χ0) is 34.2. The van der Waals surface area contributed by atoms with E-state index in [-0.39, 0.29) is 29.1 Å². The third-order valence-electron chi connectivity index (χ3n) is 8.17. The molecule has 1 aromatic carbocycles. The van der Waals surface area contributed by atoms with Crippen LogP contribution in [0.5, 0.6) is 5.75 Å². The molecule has 2 aliphatic rings. The van der Waals surface area contributed by atoms with Crippen LogP contribution in [0.15, 0.2) is 55.4 Å². The van der Waals surface area contributed by atoms with Crippen LogP contribution in [0.3, 0.4) is 0 Å². The average Bonchev–Trinajstić information content (AvgIpc) is 3.54. The second kappa shape index (κ2) is 13.4. The number of aliphatic hydroxyl groups is 1. The van der Waals surface area contributed by atoms with E-state index in [1.807, 2.05) is 24.0 Å². The van der Waals surface area contributed by atoms with Crippen LogP contribution < -0.4 is 25.2 Å². The summed E-state index contributed by atoms with van der Waals surface area (Å²) in [5.74, 6) is -0.120. The number of carbonyl (C=O) groups excluding carboxylic acids is 2. The van der Waals surface area contributed by atoms with Gasteiger partial charge in [0.25, 0.3) is 5.91 Å². The van der Waals surface area contributed by atoms with E-state index in [0.717, 1.165) is 22.6 Å². The maximum absolute atomic E-state index is 15.6. The monoisotopic (exact) mass is 692 g/mol. The van der Waals surface area contributed by atoms with Gasteiger partial charge in [0, 0.05) is 57.1 Å². The van der Waals surface area contributed by atoms with E-state index in [1.165, 1.54) is 25.4 Å². The molecule has 5 heterocycles. The number of para-hydroxylation sites is 1. The highest BCUT2D eigenvalue weighted by Crippen LogP contribution is 2.39. The number of rotatable bonds is 9. The Bertz CT molecular complexity index is 1870. The molecule has 48 heavy (non-hydrogen) atoms. The molecular formula is C33H34ClFN8O4S. The summed E-state index contributed by atoms with van der Waals surface area (Å²) < 4.78 is 21.0. The zero-order valence-corrected chi connectivity index (χ0v) is 28.2. The van der Waals surface area contributed by atoms with E-state index in [9.17, 15) is 14.7 Å². The molecule has 0 atom stereocenters. The van der Waals surface area contributed by atoms with Crippen molar-refractivity contribution in [3.63, 3.8) is 0 Å². The molecule has 0 radical (unpaired) electrons. The minimum Gasteiger partial charge on any atom is -0.493 e. The second-order valence-electron chi connectivity index (χ2n) is 11.8. The Balaban J connectivity index is 1.27. The Hall–Kier alpha value is -4.79. The first-order chi connectivity index (χ1) is 23.0. The smallest absolute Gasteiger partial charge is 0.267 e. The molecule has 2 amide bonds. The summed E-state index contributed by atoms with van der Waals surface area (Å²) >= 11 is 7.36. The van der Waals surface area contributed by atoms with E-state index in [2.05, 4.69) is 32.1 Å². The molecular weight excluding hydrogens is 659 g/mol. The summed E-state index contributed by atoms with van der Waals surface area (Å²) in [6, 6.07) is 8.38. The molecule has 0 aliphatic carbocycles. The van der Waals surface area contributed by atoms with Gasteiger partial charge in [0.1, 0.15) is 10.6 Å². The second-order valence-corrected chi connectivity index (χ2v) is 13.3. The molecule has 2 fully saturated rings. The fraction of sp³-hybridized carbons (Fsp3) is 0.303. The van der Waals surface area contributed by atoms with Gasteiger partial charge in [0.2, 0.25) is 5.91 Å². The summed E-state index contributed by atoms with van der Waals surface area (Å²) in [5, 5.41) is 17.2. The highest BCUT2D eigenvalue weighted by molar-refractivity contribution is 7.17. The lowest BCUT2D eigenvalue weighted by atomic mass is 9.95. The number of hydrogen-bond donors (Lipinski definition) is 3. The number of pyridine rings is 2. The first-order valence-electron chi connectivity index (χ1n) is 15.1. The van der Waals surface area contributed by atoms with E-state index in [4.69, 9.17) is 21.3 Å². The van der Waals surface area contributed by atoms with Gasteiger partial charge in [-0.05, 0) is 37.6 Å². The maximum Gasteiger partial charge on any atom is 0.267 e. The number of thiazole rings is 1. The number of nitrogens with one attached hydrogen (secondary N) is 2. The van der Waals surface area contributed by atoms with Crippen LogP contribution in [0.1, 0.15) is 22.2 Å². The summed E-state index contributed by atoms with van der Waals surface area (Å²) in [5.41, 5.74) is 1.63. The number of benzene rings is 1. The highest BCUT2D eigenvalue weighted by Gasteiger charge is 2.39. The fourth-order valence-corrected chi connectivity index (χ4v) is 6.67. The van der Waals surface area contributed by atoms with Crippen LogP contribution >= 0.6 is 22.9 Å². The summed E-state index contributed by atoms with van der Waals surface area (Å²) in [6.45, 7) is 10.1. The number of halogens is 2. The van der Waals surface area contributed by atoms with Crippen molar-refractivity contribution < 1.29 is 23.8 Å². The number of nitrogens with zero attached hydrogens (tertiary/aromatic N) is 6. The number of anilines is 5. The predicted molar refractivity (Wildman–Crippen MR) is 185 cm³/mol. The lowest BCUT2D eigenvalue weighted by Gasteiger charge is -2.47. The number of amides is 2. The van der Waals surface area contributed by atoms with Gasteiger partial charge >= 0.3 is 0 Å². The predicted octanol–water partition coefficient (Wildman–Crippen LogP) is 5.11. The lowest BCUT2D eigenvalue weighted by Crippen LogP contribution is -2.60. The summed E-state index contributed by atoms with van der Waals surface area (Å²) in [6.07, 6.45) is 4.29.